The Morgan fingerprint density at radius 1 is 1.00 bits per heavy atom. The maximum Gasteiger partial charge on any atom is 0.211 e. The number of aryl methyl sites for hydroxylation is 1. The van der Waals surface area contributed by atoms with Crippen LogP contribution >= 0.6 is 22.7 Å². The van der Waals surface area contributed by atoms with Gasteiger partial charge in [0.05, 0.1) is 40.2 Å². The fourth-order valence-corrected chi connectivity index (χ4v) is 5.39. The Bertz CT molecular complexity index is 1250. The van der Waals surface area contributed by atoms with Crippen LogP contribution in [-0.2, 0) is 11.8 Å². The van der Waals surface area contributed by atoms with Crippen molar-refractivity contribution < 1.29 is 4.74 Å². The van der Waals surface area contributed by atoms with Gasteiger partial charge in [-0.05, 0) is 12.1 Å². The van der Waals surface area contributed by atoms with Crippen LogP contribution in [0.25, 0.3) is 21.5 Å². The van der Waals surface area contributed by atoms with E-state index in [9.17, 15) is 0 Å². The highest BCUT2D eigenvalue weighted by atomic mass is 32.1. The smallest absolute Gasteiger partial charge is 0.211 e. The molecule has 0 amide bonds. The van der Waals surface area contributed by atoms with E-state index in [0.717, 1.165) is 57.9 Å². The van der Waals surface area contributed by atoms with Gasteiger partial charge in [-0.25, -0.2) is 4.98 Å². The largest absolute Gasteiger partial charge is 0.378 e. The molecule has 8 heteroatoms. The van der Waals surface area contributed by atoms with Crippen molar-refractivity contribution in [3.63, 3.8) is 0 Å². The molecular formula is C22H21N5OS2. The summed E-state index contributed by atoms with van der Waals surface area (Å²) in [7, 11) is 2.02. The summed E-state index contributed by atoms with van der Waals surface area (Å²) in [4.78, 5) is 9.09. The number of fused-ring (bicyclic) bond motifs is 1. The van der Waals surface area contributed by atoms with Crippen molar-refractivity contribution in [2.75, 3.05) is 31.2 Å². The highest BCUT2D eigenvalue weighted by molar-refractivity contribution is 7.17. The number of aromatic nitrogens is 2. The van der Waals surface area contributed by atoms with Crippen LogP contribution in [0.4, 0.5) is 5.13 Å². The standard InChI is InChI=1S/C22H21N5OS2/c1-26-17-9-5-6-10-18(17)29-22(26)25-23-15-19-20(16-7-3-2-4-8-16)24-21(30-19)27-11-13-28-14-12-27/h2-10,15H,11-14H2,1H3. The molecule has 152 valence electrons. The third kappa shape index (κ3) is 3.81. The number of morpholine rings is 1. The Morgan fingerprint density at radius 3 is 2.57 bits per heavy atom. The van der Waals surface area contributed by atoms with Crippen LogP contribution in [0, 0.1) is 0 Å². The van der Waals surface area contributed by atoms with Gasteiger partial charge in [-0.2, -0.15) is 5.10 Å². The maximum absolute atomic E-state index is 5.49. The molecule has 0 radical (unpaired) electrons. The number of benzene rings is 2. The van der Waals surface area contributed by atoms with Crippen molar-refractivity contribution in [2.45, 2.75) is 0 Å². The minimum absolute atomic E-state index is 0.738. The van der Waals surface area contributed by atoms with E-state index in [-0.39, 0.29) is 0 Å². The van der Waals surface area contributed by atoms with E-state index in [1.54, 1.807) is 22.7 Å². The van der Waals surface area contributed by atoms with Gasteiger partial charge in [-0.3, -0.25) is 0 Å². The number of hydrogen-bond acceptors (Lipinski definition) is 7. The summed E-state index contributed by atoms with van der Waals surface area (Å²) in [6.07, 6.45) is 1.83. The molecule has 3 heterocycles. The topological polar surface area (TPSA) is 55.0 Å². The van der Waals surface area contributed by atoms with Crippen molar-refractivity contribution in [1.82, 2.24) is 9.55 Å². The molecule has 0 spiro atoms. The van der Waals surface area contributed by atoms with Crippen molar-refractivity contribution in [3.8, 4) is 11.3 Å². The molecule has 0 bridgehead atoms. The lowest BCUT2D eigenvalue weighted by atomic mass is 10.1. The predicted octanol–water partition coefficient (Wildman–Crippen LogP) is 4.13. The van der Waals surface area contributed by atoms with Gasteiger partial charge in [-0.15, -0.1) is 5.10 Å². The molecule has 1 aliphatic rings. The lowest BCUT2D eigenvalue weighted by Crippen LogP contribution is -2.36. The number of ether oxygens (including phenoxy) is 1. The fourth-order valence-electron chi connectivity index (χ4n) is 3.41. The number of thiazole rings is 2. The predicted molar refractivity (Wildman–Crippen MR) is 125 cm³/mol. The van der Waals surface area contributed by atoms with Gasteiger partial charge in [0.2, 0.25) is 4.80 Å². The van der Waals surface area contributed by atoms with Crippen LogP contribution in [0.5, 0.6) is 0 Å². The van der Waals surface area contributed by atoms with E-state index >= 15 is 0 Å². The molecule has 0 saturated carbocycles. The first kappa shape index (κ1) is 19.2. The van der Waals surface area contributed by atoms with Gasteiger partial charge in [0, 0.05) is 25.7 Å². The molecule has 5 rings (SSSR count). The van der Waals surface area contributed by atoms with E-state index in [1.165, 1.54) is 4.70 Å². The summed E-state index contributed by atoms with van der Waals surface area (Å²) in [5.74, 6) is 0. The van der Waals surface area contributed by atoms with Crippen molar-refractivity contribution >= 4 is 44.2 Å². The zero-order valence-corrected chi connectivity index (χ0v) is 18.2. The van der Waals surface area contributed by atoms with Gasteiger partial charge >= 0.3 is 0 Å². The number of anilines is 1. The molecule has 0 atom stereocenters. The average molecular weight is 436 g/mol. The zero-order chi connectivity index (χ0) is 20.3. The maximum atomic E-state index is 5.49. The molecule has 2 aromatic heterocycles. The second-order valence-electron chi connectivity index (χ2n) is 6.93. The number of nitrogens with zero attached hydrogens (tertiary/aromatic N) is 5. The molecule has 0 N–H and O–H groups in total. The quantitative estimate of drug-likeness (QED) is 0.358. The first-order valence-corrected chi connectivity index (χ1v) is 11.4. The summed E-state index contributed by atoms with van der Waals surface area (Å²) < 4.78 is 8.76. The molecule has 6 nitrogen and oxygen atoms in total. The number of rotatable bonds is 4. The van der Waals surface area contributed by atoms with Crippen LogP contribution in [-0.4, -0.2) is 42.1 Å². The van der Waals surface area contributed by atoms with Crippen LogP contribution in [0.2, 0.25) is 0 Å². The van der Waals surface area contributed by atoms with Crippen LogP contribution < -0.4 is 9.70 Å². The SMILES string of the molecule is Cn1c(=NN=Cc2sc(N3CCOCC3)nc2-c2ccccc2)sc2ccccc21. The van der Waals surface area contributed by atoms with E-state index in [2.05, 4.69) is 43.9 Å². The van der Waals surface area contributed by atoms with E-state index in [0.29, 0.717) is 0 Å². The van der Waals surface area contributed by atoms with E-state index in [4.69, 9.17) is 9.72 Å². The minimum Gasteiger partial charge on any atom is -0.378 e. The van der Waals surface area contributed by atoms with Gasteiger partial charge in [0.25, 0.3) is 0 Å². The first-order valence-electron chi connectivity index (χ1n) is 9.80. The molecule has 1 fully saturated rings. The molecular weight excluding hydrogens is 414 g/mol. The number of hydrogen-bond donors (Lipinski definition) is 0. The minimum atomic E-state index is 0.738. The Morgan fingerprint density at radius 2 is 1.77 bits per heavy atom. The fraction of sp³-hybridized carbons (Fsp3) is 0.227. The van der Waals surface area contributed by atoms with Crippen LogP contribution in [0.15, 0.2) is 64.8 Å². The lowest BCUT2D eigenvalue weighted by Gasteiger charge is -2.26. The normalized spacial score (nSPS) is 15.5. The summed E-state index contributed by atoms with van der Waals surface area (Å²) in [5.41, 5.74) is 3.19. The molecule has 1 saturated heterocycles. The molecule has 0 unspecified atom stereocenters. The van der Waals surface area contributed by atoms with E-state index in [1.807, 2.05) is 43.6 Å². The Balaban J connectivity index is 1.52. The molecule has 2 aromatic carbocycles. The summed E-state index contributed by atoms with van der Waals surface area (Å²) in [6, 6.07) is 18.5. The molecule has 30 heavy (non-hydrogen) atoms. The number of para-hydroxylation sites is 1. The van der Waals surface area contributed by atoms with Gasteiger partial charge in [0.1, 0.15) is 0 Å². The van der Waals surface area contributed by atoms with Crippen molar-refractivity contribution in [1.29, 1.82) is 0 Å². The highest BCUT2D eigenvalue weighted by Gasteiger charge is 2.18. The average Bonchev–Trinajstić information content (AvgIpc) is 3.37. The van der Waals surface area contributed by atoms with Gasteiger partial charge < -0.3 is 14.2 Å². The third-order valence-corrected chi connectivity index (χ3v) is 7.16. The summed E-state index contributed by atoms with van der Waals surface area (Å²) in [5, 5.41) is 9.93. The van der Waals surface area contributed by atoms with Crippen molar-refractivity contribution in [3.05, 3.63) is 64.3 Å². The first-order chi connectivity index (χ1) is 14.8. The molecule has 0 aliphatic carbocycles. The van der Waals surface area contributed by atoms with Gasteiger partial charge in [-0.1, -0.05) is 65.1 Å². The van der Waals surface area contributed by atoms with Crippen molar-refractivity contribution in [2.24, 2.45) is 17.3 Å². The molecule has 1 aliphatic heterocycles. The summed E-state index contributed by atoms with van der Waals surface area (Å²) in [6.45, 7) is 3.20. The van der Waals surface area contributed by atoms with E-state index < -0.39 is 0 Å². The Kier molecular flexibility index (Phi) is 5.44. The third-order valence-electron chi connectivity index (χ3n) is 5.00. The molecule has 4 aromatic rings. The summed E-state index contributed by atoms with van der Waals surface area (Å²) >= 11 is 3.29. The highest BCUT2D eigenvalue weighted by Crippen LogP contribution is 2.32. The van der Waals surface area contributed by atoms with Crippen LogP contribution in [0.1, 0.15) is 4.88 Å². The van der Waals surface area contributed by atoms with Crippen LogP contribution in [0.3, 0.4) is 0 Å². The Labute approximate surface area is 182 Å². The second kappa shape index (κ2) is 8.51. The lowest BCUT2D eigenvalue weighted by molar-refractivity contribution is 0.122. The van der Waals surface area contributed by atoms with Gasteiger partial charge in [0.15, 0.2) is 5.13 Å². The monoisotopic (exact) mass is 435 g/mol. The zero-order valence-electron chi connectivity index (χ0n) is 16.6. The second-order valence-corrected chi connectivity index (χ2v) is 8.95. The Hall–Kier alpha value is -2.81.